The second-order valence-corrected chi connectivity index (χ2v) is 4.47. The Hall–Kier alpha value is -2.74. The molecule has 0 amide bonds. The van der Waals surface area contributed by atoms with Crippen molar-refractivity contribution >= 4 is 17.8 Å². The molecule has 8 nitrogen and oxygen atoms in total. The van der Waals surface area contributed by atoms with Gasteiger partial charge in [0.05, 0.1) is 23.6 Å². The number of hydrogen-bond donors (Lipinski definition) is 2. The van der Waals surface area contributed by atoms with Gasteiger partial charge in [-0.1, -0.05) is 12.1 Å². The monoisotopic (exact) mass is 290 g/mol. The first-order chi connectivity index (χ1) is 9.99. The SMILES string of the molecule is Cc1ccc(-c2nn(CCO)c(N)c2C=O)cc1[N+](=O)[O-]. The molecule has 2 rings (SSSR count). The summed E-state index contributed by atoms with van der Waals surface area (Å²) < 4.78 is 1.30. The van der Waals surface area contributed by atoms with Gasteiger partial charge in [-0.15, -0.1) is 0 Å². The van der Waals surface area contributed by atoms with E-state index in [-0.39, 0.29) is 35.9 Å². The van der Waals surface area contributed by atoms with Crippen molar-refractivity contribution in [2.24, 2.45) is 0 Å². The minimum atomic E-state index is -0.493. The third-order valence-corrected chi connectivity index (χ3v) is 3.14. The minimum absolute atomic E-state index is 0.0559. The fourth-order valence-corrected chi connectivity index (χ4v) is 2.04. The summed E-state index contributed by atoms with van der Waals surface area (Å²) in [5.41, 5.74) is 7.09. The summed E-state index contributed by atoms with van der Waals surface area (Å²) in [5, 5.41) is 24.1. The van der Waals surface area contributed by atoms with Gasteiger partial charge in [0.25, 0.3) is 5.69 Å². The summed E-state index contributed by atoms with van der Waals surface area (Å²) in [4.78, 5) is 21.7. The number of nitro benzene ring substituents is 1. The molecule has 2 aromatic rings. The molecule has 0 spiro atoms. The predicted octanol–water partition coefficient (Wildman–Crippen LogP) is 1.15. The molecule has 1 heterocycles. The standard InChI is InChI=1S/C13H14N4O4/c1-8-2-3-9(6-11(8)17(20)21)12-10(7-19)13(14)16(15-12)4-5-18/h2-3,6-7,18H,4-5,14H2,1H3. The molecule has 0 unspecified atom stereocenters. The number of aliphatic hydroxyl groups excluding tert-OH is 1. The van der Waals surface area contributed by atoms with Gasteiger partial charge in [0, 0.05) is 17.2 Å². The van der Waals surface area contributed by atoms with Gasteiger partial charge in [0.2, 0.25) is 0 Å². The minimum Gasteiger partial charge on any atom is -0.394 e. The van der Waals surface area contributed by atoms with Crippen molar-refractivity contribution in [1.82, 2.24) is 9.78 Å². The van der Waals surface area contributed by atoms with Crippen molar-refractivity contribution in [3.8, 4) is 11.3 Å². The Morgan fingerprint density at radius 1 is 1.52 bits per heavy atom. The van der Waals surface area contributed by atoms with Crippen LogP contribution in [0.15, 0.2) is 18.2 Å². The van der Waals surface area contributed by atoms with Crippen LogP contribution in [0.25, 0.3) is 11.3 Å². The molecule has 1 aromatic carbocycles. The number of aliphatic hydroxyl groups is 1. The number of rotatable bonds is 5. The lowest BCUT2D eigenvalue weighted by Gasteiger charge is -2.01. The summed E-state index contributed by atoms with van der Waals surface area (Å²) in [7, 11) is 0. The predicted molar refractivity (Wildman–Crippen MR) is 75.9 cm³/mol. The van der Waals surface area contributed by atoms with Crippen LogP contribution in [-0.2, 0) is 6.54 Å². The van der Waals surface area contributed by atoms with E-state index in [4.69, 9.17) is 10.8 Å². The van der Waals surface area contributed by atoms with E-state index < -0.39 is 4.92 Å². The first-order valence-corrected chi connectivity index (χ1v) is 6.17. The molecule has 1 aromatic heterocycles. The lowest BCUT2D eigenvalue weighted by molar-refractivity contribution is -0.385. The number of aromatic nitrogens is 2. The highest BCUT2D eigenvalue weighted by molar-refractivity contribution is 5.91. The summed E-state index contributed by atoms with van der Waals surface area (Å²) in [6.45, 7) is 1.58. The van der Waals surface area contributed by atoms with Gasteiger partial charge in [0.1, 0.15) is 11.5 Å². The number of aldehydes is 1. The van der Waals surface area contributed by atoms with Gasteiger partial charge in [-0.3, -0.25) is 14.9 Å². The van der Waals surface area contributed by atoms with E-state index in [0.717, 1.165) is 0 Å². The van der Waals surface area contributed by atoms with Crippen molar-refractivity contribution in [3.05, 3.63) is 39.4 Å². The molecule has 0 bridgehead atoms. The zero-order chi connectivity index (χ0) is 15.6. The number of benzene rings is 1. The van der Waals surface area contributed by atoms with Crippen LogP contribution in [0, 0.1) is 17.0 Å². The van der Waals surface area contributed by atoms with Gasteiger partial charge in [-0.05, 0) is 6.92 Å². The van der Waals surface area contributed by atoms with Gasteiger partial charge in [0.15, 0.2) is 6.29 Å². The number of nitrogen functional groups attached to an aromatic ring is 1. The van der Waals surface area contributed by atoms with E-state index in [2.05, 4.69) is 5.10 Å². The maximum atomic E-state index is 11.2. The molecule has 3 N–H and O–H groups in total. The number of nitrogens with two attached hydrogens (primary N) is 1. The molecule has 0 saturated heterocycles. The number of hydrogen-bond acceptors (Lipinski definition) is 6. The second-order valence-electron chi connectivity index (χ2n) is 4.47. The summed E-state index contributed by atoms with van der Waals surface area (Å²) in [6.07, 6.45) is 0.553. The fraction of sp³-hybridized carbons (Fsp3) is 0.231. The summed E-state index contributed by atoms with van der Waals surface area (Å²) in [6, 6.07) is 4.58. The van der Waals surface area contributed by atoms with E-state index in [1.807, 2.05) is 0 Å². The van der Waals surface area contributed by atoms with E-state index in [1.54, 1.807) is 19.1 Å². The van der Waals surface area contributed by atoms with Crippen LogP contribution in [0.2, 0.25) is 0 Å². The van der Waals surface area contributed by atoms with E-state index in [0.29, 0.717) is 17.4 Å². The zero-order valence-electron chi connectivity index (χ0n) is 11.3. The smallest absolute Gasteiger partial charge is 0.272 e. The zero-order valence-corrected chi connectivity index (χ0v) is 11.3. The maximum Gasteiger partial charge on any atom is 0.272 e. The fourth-order valence-electron chi connectivity index (χ4n) is 2.04. The van der Waals surface area contributed by atoms with E-state index in [9.17, 15) is 14.9 Å². The van der Waals surface area contributed by atoms with Crippen LogP contribution in [0.4, 0.5) is 11.5 Å². The third kappa shape index (κ3) is 2.61. The van der Waals surface area contributed by atoms with Crippen molar-refractivity contribution < 1.29 is 14.8 Å². The Morgan fingerprint density at radius 2 is 2.24 bits per heavy atom. The van der Waals surface area contributed by atoms with Gasteiger partial charge in [-0.25, -0.2) is 4.68 Å². The highest BCUT2D eigenvalue weighted by atomic mass is 16.6. The van der Waals surface area contributed by atoms with Gasteiger partial charge in [-0.2, -0.15) is 5.10 Å². The molecule has 0 aliphatic rings. The molecule has 0 fully saturated rings. The largest absolute Gasteiger partial charge is 0.394 e. The Balaban J connectivity index is 2.61. The van der Waals surface area contributed by atoms with Crippen LogP contribution < -0.4 is 5.73 Å². The van der Waals surface area contributed by atoms with Crippen LogP contribution >= 0.6 is 0 Å². The molecule has 0 atom stereocenters. The molecular formula is C13H14N4O4. The Morgan fingerprint density at radius 3 is 2.81 bits per heavy atom. The first-order valence-electron chi connectivity index (χ1n) is 6.17. The van der Waals surface area contributed by atoms with Crippen LogP contribution in [-0.4, -0.2) is 32.7 Å². The third-order valence-electron chi connectivity index (χ3n) is 3.14. The molecule has 8 heteroatoms. The van der Waals surface area contributed by atoms with Crippen molar-refractivity contribution in [2.75, 3.05) is 12.3 Å². The summed E-state index contributed by atoms with van der Waals surface area (Å²) in [5.74, 6) is 0.122. The molecule has 0 radical (unpaired) electrons. The topological polar surface area (TPSA) is 124 Å². The Bertz CT molecular complexity index is 708. The Labute approximate surface area is 120 Å². The molecule has 0 aliphatic carbocycles. The normalized spacial score (nSPS) is 10.6. The number of anilines is 1. The lowest BCUT2D eigenvalue weighted by atomic mass is 10.0. The lowest BCUT2D eigenvalue weighted by Crippen LogP contribution is -2.08. The number of carbonyl (C=O) groups excluding carboxylic acids is 1. The van der Waals surface area contributed by atoms with Crippen molar-refractivity contribution in [2.45, 2.75) is 13.5 Å². The molecule has 0 aliphatic heterocycles. The molecule has 0 saturated carbocycles. The van der Waals surface area contributed by atoms with Gasteiger partial charge >= 0.3 is 0 Å². The van der Waals surface area contributed by atoms with Crippen LogP contribution in [0.3, 0.4) is 0 Å². The van der Waals surface area contributed by atoms with E-state index >= 15 is 0 Å². The Kier molecular flexibility index (Phi) is 3.99. The highest BCUT2D eigenvalue weighted by Gasteiger charge is 2.19. The number of nitro groups is 1. The van der Waals surface area contributed by atoms with Crippen LogP contribution in [0.5, 0.6) is 0 Å². The van der Waals surface area contributed by atoms with Gasteiger partial charge < -0.3 is 10.8 Å². The second kappa shape index (κ2) is 5.71. The first kappa shape index (κ1) is 14.7. The number of nitrogens with zero attached hydrogens (tertiary/aromatic N) is 3. The molecule has 110 valence electrons. The quantitative estimate of drug-likeness (QED) is 0.483. The van der Waals surface area contributed by atoms with Crippen molar-refractivity contribution in [3.63, 3.8) is 0 Å². The molecule has 21 heavy (non-hydrogen) atoms. The molecular weight excluding hydrogens is 276 g/mol. The summed E-state index contributed by atoms with van der Waals surface area (Å²) >= 11 is 0. The average Bonchev–Trinajstić information content (AvgIpc) is 2.76. The average molecular weight is 290 g/mol. The van der Waals surface area contributed by atoms with Crippen LogP contribution in [0.1, 0.15) is 15.9 Å². The highest BCUT2D eigenvalue weighted by Crippen LogP contribution is 2.30. The number of aryl methyl sites for hydroxylation is 1. The number of carbonyl (C=O) groups is 1. The van der Waals surface area contributed by atoms with E-state index in [1.165, 1.54) is 10.7 Å². The maximum absolute atomic E-state index is 11.2. The van der Waals surface area contributed by atoms with Crippen molar-refractivity contribution in [1.29, 1.82) is 0 Å².